The SMILES string of the molecule is CCN(CC)C(=O)CN1CCN(Cc2cc(C)on2)CC1. The second-order valence-corrected chi connectivity index (χ2v) is 5.55. The molecule has 21 heavy (non-hydrogen) atoms. The molecule has 0 bridgehead atoms. The van der Waals surface area contributed by atoms with E-state index in [9.17, 15) is 4.79 Å². The minimum Gasteiger partial charge on any atom is -0.361 e. The van der Waals surface area contributed by atoms with Crippen LogP contribution in [0.15, 0.2) is 10.6 Å². The second kappa shape index (κ2) is 7.56. The summed E-state index contributed by atoms with van der Waals surface area (Å²) < 4.78 is 5.09. The normalized spacial score (nSPS) is 17.1. The van der Waals surface area contributed by atoms with Gasteiger partial charge in [0, 0.05) is 51.9 Å². The third kappa shape index (κ3) is 4.54. The molecule has 0 atom stereocenters. The number of hydrogen-bond acceptors (Lipinski definition) is 5. The molecule has 0 unspecified atom stereocenters. The predicted octanol–water partition coefficient (Wildman–Crippen LogP) is 0.969. The van der Waals surface area contributed by atoms with Gasteiger partial charge in [-0.25, -0.2) is 0 Å². The van der Waals surface area contributed by atoms with Crippen LogP contribution >= 0.6 is 0 Å². The highest BCUT2D eigenvalue weighted by molar-refractivity contribution is 5.78. The molecular weight excluding hydrogens is 268 g/mol. The molecule has 1 aliphatic heterocycles. The number of piperazine rings is 1. The quantitative estimate of drug-likeness (QED) is 0.782. The lowest BCUT2D eigenvalue weighted by Crippen LogP contribution is -2.49. The van der Waals surface area contributed by atoms with Crippen LogP contribution in [-0.4, -0.2) is 71.6 Å². The average molecular weight is 294 g/mol. The Morgan fingerprint density at radius 1 is 1.24 bits per heavy atom. The van der Waals surface area contributed by atoms with E-state index in [1.54, 1.807) is 0 Å². The van der Waals surface area contributed by atoms with Crippen molar-refractivity contribution in [2.75, 3.05) is 45.8 Å². The number of carbonyl (C=O) groups is 1. The minimum absolute atomic E-state index is 0.237. The van der Waals surface area contributed by atoms with Gasteiger partial charge >= 0.3 is 0 Å². The van der Waals surface area contributed by atoms with Crippen LogP contribution in [0.1, 0.15) is 25.3 Å². The van der Waals surface area contributed by atoms with Crippen molar-refractivity contribution in [1.29, 1.82) is 0 Å². The summed E-state index contributed by atoms with van der Waals surface area (Å²) in [6, 6.07) is 1.98. The molecule has 0 N–H and O–H groups in total. The molecule has 0 aromatic carbocycles. The zero-order valence-corrected chi connectivity index (χ0v) is 13.3. The lowest BCUT2D eigenvalue weighted by atomic mass is 10.2. The van der Waals surface area contributed by atoms with E-state index in [2.05, 4.69) is 15.0 Å². The van der Waals surface area contributed by atoms with E-state index in [-0.39, 0.29) is 5.91 Å². The van der Waals surface area contributed by atoms with Crippen molar-refractivity contribution in [2.45, 2.75) is 27.3 Å². The highest BCUT2D eigenvalue weighted by Crippen LogP contribution is 2.09. The maximum absolute atomic E-state index is 12.1. The Bertz CT molecular complexity index is 448. The topological polar surface area (TPSA) is 52.8 Å². The summed E-state index contributed by atoms with van der Waals surface area (Å²) in [6.45, 7) is 12.7. The Kier molecular flexibility index (Phi) is 5.76. The van der Waals surface area contributed by atoms with Crippen LogP contribution in [-0.2, 0) is 11.3 Å². The Balaban J connectivity index is 1.74. The first-order valence-electron chi connectivity index (χ1n) is 7.77. The number of aromatic nitrogens is 1. The van der Waals surface area contributed by atoms with Gasteiger partial charge in [0.05, 0.1) is 12.2 Å². The fraction of sp³-hybridized carbons (Fsp3) is 0.733. The van der Waals surface area contributed by atoms with E-state index in [1.165, 1.54) is 0 Å². The molecule has 1 aliphatic rings. The molecule has 1 fully saturated rings. The van der Waals surface area contributed by atoms with E-state index in [0.717, 1.165) is 57.3 Å². The summed E-state index contributed by atoms with van der Waals surface area (Å²) in [5, 5.41) is 4.03. The zero-order valence-electron chi connectivity index (χ0n) is 13.3. The molecule has 0 spiro atoms. The summed E-state index contributed by atoms with van der Waals surface area (Å²) in [7, 11) is 0. The first-order valence-corrected chi connectivity index (χ1v) is 7.77. The summed E-state index contributed by atoms with van der Waals surface area (Å²) >= 11 is 0. The van der Waals surface area contributed by atoms with Gasteiger partial charge in [-0.2, -0.15) is 0 Å². The van der Waals surface area contributed by atoms with Gasteiger partial charge in [-0.3, -0.25) is 14.6 Å². The summed E-state index contributed by atoms with van der Waals surface area (Å²) in [6.07, 6.45) is 0. The Labute approximate surface area is 126 Å². The largest absolute Gasteiger partial charge is 0.361 e. The first-order chi connectivity index (χ1) is 10.1. The van der Waals surface area contributed by atoms with Crippen LogP contribution in [0.25, 0.3) is 0 Å². The third-order valence-electron chi connectivity index (χ3n) is 4.00. The molecule has 1 amide bonds. The summed E-state index contributed by atoms with van der Waals surface area (Å²) in [5.74, 6) is 1.09. The van der Waals surface area contributed by atoms with E-state index >= 15 is 0 Å². The van der Waals surface area contributed by atoms with Gasteiger partial charge in [0.25, 0.3) is 0 Å². The third-order valence-corrected chi connectivity index (χ3v) is 4.00. The van der Waals surface area contributed by atoms with E-state index in [4.69, 9.17) is 4.52 Å². The summed E-state index contributed by atoms with van der Waals surface area (Å²) in [5.41, 5.74) is 0.986. The van der Waals surface area contributed by atoms with E-state index in [1.807, 2.05) is 31.7 Å². The molecule has 0 aliphatic carbocycles. The van der Waals surface area contributed by atoms with Crippen molar-refractivity contribution >= 4 is 5.91 Å². The van der Waals surface area contributed by atoms with Crippen molar-refractivity contribution in [3.05, 3.63) is 17.5 Å². The van der Waals surface area contributed by atoms with Gasteiger partial charge in [0.15, 0.2) is 0 Å². The fourth-order valence-corrected chi connectivity index (χ4v) is 2.69. The van der Waals surface area contributed by atoms with Crippen LogP contribution < -0.4 is 0 Å². The van der Waals surface area contributed by atoms with Gasteiger partial charge in [-0.1, -0.05) is 5.16 Å². The van der Waals surface area contributed by atoms with Gasteiger partial charge in [-0.05, 0) is 20.8 Å². The van der Waals surface area contributed by atoms with Crippen LogP contribution in [0.3, 0.4) is 0 Å². The van der Waals surface area contributed by atoms with Crippen molar-refractivity contribution in [3.63, 3.8) is 0 Å². The molecule has 1 saturated heterocycles. The number of rotatable bonds is 6. The molecule has 6 nitrogen and oxygen atoms in total. The number of aryl methyl sites for hydroxylation is 1. The lowest BCUT2D eigenvalue weighted by molar-refractivity contribution is -0.132. The Morgan fingerprint density at radius 3 is 2.38 bits per heavy atom. The summed E-state index contributed by atoms with van der Waals surface area (Å²) in [4.78, 5) is 18.6. The molecule has 1 aromatic heterocycles. The molecule has 0 saturated carbocycles. The fourth-order valence-electron chi connectivity index (χ4n) is 2.69. The number of nitrogens with zero attached hydrogens (tertiary/aromatic N) is 4. The molecule has 2 rings (SSSR count). The number of carbonyl (C=O) groups excluding carboxylic acids is 1. The first kappa shape index (κ1) is 16.0. The number of likely N-dealkylation sites (N-methyl/N-ethyl adjacent to an activating group) is 1. The second-order valence-electron chi connectivity index (χ2n) is 5.55. The van der Waals surface area contributed by atoms with Gasteiger partial charge in [0.2, 0.25) is 5.91 Å². The maximum atomic E-state index is 12.1. The Morgan fingerprint density at radius 2 is 1.86 bits per heavy atom. The maximum Gasteiger partial charge on any atom is 0.236 e. The van der Waals surface area contributed by atoms with Crippen LogP contribution in [0.5, 0.6) is 0 Å². The molecule has 2 heterocycles. The highest BCUT2D eigenvalue weighted by Gasteiger charge is 2.21. The van der Waals surface area contributed by atoms with E-state index < -0.39 is 0 Å². The molecular formula is C15H26N4O2. The zero-order chi connectivity index (χ0) is 15.2. The van der Waals surface area contributed by atoms with Gasteiger partial charge in [-0.15, -0.1) is 0 Å². The van der Waals surface area contributed by atoms with Gasteiger partial charge in [0.1, 0.15) is 5.76 Å². The van der Waals surface area contributed by atoms with Crippen LogP contribution in [0.4, 0.5) is 0 Å². The molecule has 6 heteroatoms. The molecule has 1 aromatic rings. The molecule has 118 valence electrons. The standard InChI is InChI=1S/C15H26N4O2/c1-4-19(5-2)15(20)12-18-8-6-17(7-9-18)11-14-10-13(3)21-16-14/h10H,4-9,11-12H2,1-3H3. The average Bonchev–Trinajstić information content (AvgIpc) is 2.88. The highest BCUT2D eigenvalue weighted by atomic mass is 16.5. The number of amides is 1. The monoisotopic (exact) mass is 294 g/mol. The van der Waals surface area contributed by atoms with Crippen molar-refractivity contribution in [3.8, 4) is 0 Å². The Hall–Kier alpha value is -1.40. The lowest BCUT2D eigenvalue weighted by Gasteiger charge is -2.34. The molecule has 0 radical (unpaired) electrons. The van der Waals surface area contributed by atoms with Crippen LogP contribution in [0.2, 0.25) is 0 Å². The van der Waals surface area contributed by atoms with Crippen LogP contribution in [0, 0.1) is 6.92 Å². The van der Waals surface area contributed by atoms with Gasteiger partial charge < -0.3 is 9.42 Å². The van der Waals surface area contributed by atoms with Crippen molar-refractivity contribution in [1.82, 2.24) is 19.9 Å². The predicted molar refractivity (Wildman–Crippen MR) is 80.9 cm³/mol. The van der Waals surface area contributed by atoms with E-state index in [0.29, 0.717) is 6.54 Å². The number of hydrogen-bond donors (Lipinski definition) is 0. The minimum atomic E-state index is 0.237. The smallest absolute Gasteiger partial charge is 0.236 e. The van der Waals surface area contributed by atoms with Crippen molar-refractivity contribution < 1.29 is 9.32 Å². The van der Waals surface area contributed by atoms with Crippen molar-refractivity contribution in [2.24, 2.45) is 0 Å².